The maximum atomic E-state index is 11.4. The van der Waals surface area contributed by atoms with Gasteiger partial charge in [0.15, 0.2) is 0 Å². The van der Waals surface area contributed by atoms with Crippen LogP contribution in [0.1, 0.15) is 22.7 Å². The van der Waals surface area contributed by atoms with Gasteiger partial charge in [0.1, 0.15) is 17.5 Å². The van der Waals surface area contributed by atoms with Gasteiger partial charge in [-0.3, -0.25) is 4.79 Å². The molecule has 0 saturated heterocycles. The van der Waals surface area contributed by atoms with Crippen molar-refractivity contribution in [2.45, 2.75) is 18.9 Å². The lowest BCUT2D eigenvalue weighted by Crippen LogP contribution is -2.26. The molecule has 0 aromatic heterocycles. The molecule has 3 rings (SSSR count). The van der Waals surface area contributed by atoms with Crippen LogP contribution in [-0.4, -0.2) is 31.3 Å². The molecule has 0 aliphatic carbocycles. The summed E-state index contributed by atoms with van der Waals surface area (Å²) in [7, 11) is 1.64. The van der Waals surface area contributed by atoms with E-state index in [-0.39, 0.29) is 0 Å². The fourth-order valence-corrected chi connectivity index (χ4v) is 3.52. The Kier molecular flexibility index (Phi) is 3.14. The molecule has 0 amide bonds. The molecule has 1 aromatic rings. The van der Waals surface area contributed by atoms with E-state index in [0.717, 1.165) is 33.3 Å². The summed E-state index contributed by atoms with van der Waals surface area (Å²) in [6.07, 6.45) is 1.49. The highest BCUT2D eigenvalue weighted by Crippen LogP contribution is 2.49. The van der Waals surface area contributed by atoms with E-state index in [0.29, 0.717) is 25.4 Å². The fraction of sp³-hybridized carbons (Fsp3) is 0.462. The van der Waals surface area contributed by atoms with Crippen molar-refractivity contribution in [3.05, 3.63) is 21.2 Å². The zero-order valence-corrected chi connectivity index (χ0v) is 12.0. The van der Waals surface area contributed by atoms with Crippen molar-refractivity contribution in [3.63, 3.8) is 0 Å². The zero-order chi connectivity index (χ0) is 13.6. The summed E-state index contributed by atoms with van der Waals surface area (Å²) in [5, 5.41) is 12.2. The number of benzene rings is 1. The number of halogens is 1. The first-order valence-electron chi connectivity index (χ1n) is 6.18. The number of aliphatic carboxylic acids is 1. The highest BCUT2D eigenvalue weighted by molar-refractivity contribution is 9.10. The van der Waals surface area contributed by atoms with Crippen LogP contribution in [0.3, 0.4) is 0 Å². The van der Waals surface area contributed by atoms with Crippen molar-refractivity contribution in [2.75, 3.05) is 20.3 Å². The van der Waals surface area contributed by atoms with Crippen LogP contribution in [0.4, 0.5) is 0 Å². The number of nitrogens with one attached hydrogen (secondary N) is 1. The van der Waals surface area contributed by atoms with Gasteiger partial charge in [0.05, 0.1) is 17.7 Å². The topological polar surface area (TPSA) is 67.8 Å². The number of carbonyl (C=O) groups is 1. The zero-order valence-electron chi connectivity index (χ0n) is 10.5. The minimum atomic E-state index is -0.906. The normalized spacial score (nSPS) is 17.4. The van der Waals surface area contributed by atoms with Gasteiger partial charge in [-0.05, 0) is 23.0 Å². The second-order valence-corrected chi connectivity index (χ2v) is 5.39. The maximum absolute atomic E-state index is 11.4. The highest BCUT2D eigenvalue weighted by Gasteiger charge is 2.35. The predicted octanol–water partition coefficient (Wildman–Crippen LogP) is 1.66. The molecule has 2 N–H and O–H groups in total. The molecule has 2 aliphatic heterocycles. The third-order valence-corrected chi connectivity index (χ3v) is 4.44. The second kappa shape index (κ2) is 4.68. The molecule has 0 saturated carbocycles. The Morgan fingerprint density at radius 1 is 1.26 bits per heavy atom. The van der Waals surface area contributed by atoms with Crippen LogP contribution in [0.2, 0.25) is 0 Å². The molecule has 1 unspecified atom stereocenters. The maximum Gasteiger partial charge on any atom is 0.325 e. The number of fused-ring (bicyclic) bond motifs is 2. The molecular weight excluding hydrogens is 314 g/mol. The van der Waals surface area contributed by atoms with Gasteiger partial charge in [-0.15, -0.1) is 0 Å². The summed E-state index contributed by atoms with van der Waals surface area (Å²) in [5.41, 5.74) is 2.67. The average Bonchev–Trinajstić information content (AvgIpc) is 3.02. The molecule has 0 bridgehead atoms. The second-order valence-electron chi connectivity index (χ2n) is 4.60. The Hall–Kier alpha value is -1.27. The molecule has 0 spiro atoms. The van der Waals surface area contributed by atoms with Crippen molar-refractivity contribution < 1.29 is 19.4 Å². The molecule has 102 valence electrons. The van der Waals surface area contributed by atoms with Gasteiger partial charge < -0.3 is 19.9 Å². The van der Waals surface area contributed by atoms with Gasteiger partial charge in [-0.25, -0.2) is 0 Å². The van der Waals surface area contributed by atoms with Crippen molar-refractivity contribution in [2.24, 2.45) is 0 Å². The lowest BCUT2D eigenvalue weighted by molar-refractivity contribution is -0.139. The Labute approximate surface area is 119 Å². The van der Waals surface area contributed by atoms with Crippen molar-refractivity contribution in [3.8, 4) is 11.5 Å². The Morgan fingerprint density at radius 2 is 1.89 bits per heavy atom. The SMILES string of the molecule is CNC(C(=O)O)c1c2c(c(Br)c3c1OCC3)OCC2. The molecule has 1 atom stereocenters. The number of hydrogen-bond donors (Lipinski definition) is 2. The third-order valence-electron chi connectivity index (χ3n) is 3.60. The number of ether oxygens (including phenoxy) is 2. The van der Waals surface area contributed by atoms with Gasteiger partial charge in [-0.2, -0.15) is 0 Å². The van der Waals surface area contributed by atoms with Crippen molar-refractivity contribution >= 4 is 21.9 Å². The molecular formula is C13H14BrNO4. The quantitative estimate of drug-likeness (QED) is 0.883. The van der Waals surface area contributed by atoms with Crippen LogP contribution in [0.25, 0.3) is 0 Å². The summed E-state index contributed by atoms with van der Waals surface area (Å²) in [4.78, 5) is 11.4. The monoisotopic (exact) mass is 327 g/mol. The molecule has 2 aliphatic rings. The third kappa shape index (κ3) is 1.81. The van der Waals surface area contributed by atoms with Gasteiger partial charge in [0.25, 0.3) is 0 Å². The number of carboxylic acids is 1. The van der Waals surface area contributed by atoms with Crippen molar-refractivity contribution in [1.82, 2.24) is 5.32 Å². The number of likely N-dealkylation sites (N-methyl/N-ethyl adjacent to an activating group) is 1. The van der Waals surface area contributed by atoms with Crippen LogP contribution < -0.4 is 14.8 Å². The van der Waals surface area contributed by atoms with Gasteiger partial charge in [-0.1, -0.05) is 0 Å². The Balaban J connectivity index is 2.26. The lowest BCUT2D eigenvalue weighted by Gasteiger charge is -2.19. The summed E-state index contributed by atoms with van der Waals surface area (Å²) >= 11 is 3.55. The van der Waals surface area contributed by atoms with E-state index in [1.165, 1.54) is 0 Å². The molecule has 0 radical (unpaired) electrons. The first-order valence-corrected chi connectivity index (χ1v) is 6.97. The van der Waals surface area contributed by atoms with Crippen LogP contribution in [0, 0.1) is 0 Å². The molecule has 1 aromatic carbocycles. The van der Waals surface area contributed by atoms with E-state index in [2.05, 4.69) is 21.2 Å². The van der Waals surface area contributed by atoms with Crippen molar-refractivity contribution in [1.29, 1.82) is 0 Å². The number of carboxylic acid groups (broad SMARTS) is 1. The minimum Gasteiger partial charge on any atom is -0.493 e. The molecule has 2 heterocycles. The van der Waals surface area contributed by atoms with E-state index < -0.39 is 12.0 Å². The van der Waals surface area contributed by atoms with Crippen LogP contribution >= 0.6 is 15.9 Å². The van der Waals surface area contributed by atoms with Crippen LogP contribution in [-0.2, 0) is 17.6 Å². The van der Waals surface area contributed by atoms with Crippen LogP contribution in [0.15, 0.2) is 4.47 Å². The minimum absolute atomic E-state index is 0.583. The summed E-state index contributed by atoms with van der Waals surface area (Å²) in [6, 6.07) is -0.768. The largest absolute Gasteiger partial charge is 0.493 e. The van der Waals surface area contributed by atoms with E-state index in [1.54, 1.807) is 7.05 Å². The van der Waals surface area contributed by atoms with E-state index >= 15 is 0 Å². The van der Waals surface area contributed by atoms with E-state index in [9.17, 15) is 9.90 Å². The highest BCUT2D eigenvalue weighted by atomic mass is 79.9. The number of hydrogen-bond acceptors (Lipinski definition) is 4. The fourth-order valence-electron chi connectivity index (χ4n) is 2.78. The van der Waals surface area contributed by atoms with Gasteiger partial charge >= 0.3 is 5.97 Å². The summed E-state index contributed by atoms with van der Waals surface area (Å²) < 4.78 is 12.2. The molecule has 6 heteroatoms. The van der Waals surface area contributed by atoms with E-state index in [4.69, 9.17) is 9.47 Å². The molecule has 19 heavy (non-hydrogen) atoms. The van der Waals surface area contributed by atoms with Gasteiger partial charge in [0.2, 0.25) is 0 Å². The Bertz CT molecular complexity index is 523. The predicted molar refractivity (Wildman–Crippen MR) is 72.0 cm³/mol. The Morgan fingerprint density at radius 3 is 2.53 bits per heavy atom. The number of rotatable bonds is 3. The van der Waals surface area contributed by atoms with Gasteiger partial charge in [0, 0.05) is 29.5 Å². The lowest BCUT2D eigenvalue weighted by atomic mass is 9.94. The summed E-state index contributed by atoms with van der Waals surface area (Å²) in [5.74, 6) is 0.579. The molecule has 0 fully saturated rings. The standard InChI is InChI=1S/C13H14BrNO4/c1-15-10(13(16)17)8-6-2-4-19-12(6)9(14)7-3-5-18-11(7)8/h10,15H,2-5H2,1H3,(H,16,17). The molecule has 5 nitrogen and oxygen atoms in total. The van der Waals surface area contributed by atoms with E-state index in [1.807, 2.05) is 0 Å². The first-order chi connectivity index (χ1) is 9.15. The average molecular weight is 328 g/mol. The van der Waals surface area contributed by atoms with Crippen LogP contribution in [0.5, 0.6) is 11.5 Å². The smallest absolute Gasteiger partial charge is 0.325 e. The first kappa shape index (κ1) is 12.7. The summed E-state index contributed by atoms with van der Waals surface area (Å²) in [6.45, 7) is 1.17.